The molecule has 0 amide bonds. The first-order chi connectivity index (χ1) is 7.58. The molecule has 0 saturated heterocycles. The Bertz CT molecular complexity index is 430. The summed E-state index contributed by atoms with van der Waals surface area (Å²) in [4.78, 5) is 0. The standard InChI is InChI=1S/C14H18O2/c1-14(2)8-10-5-6-11(16-4)7-12(10)13(14)9-15-3/h5-7,9H,8H2,1-4H3. The highest BCUT2D eigenvalue weighted by molar-refractivity contribution is 5.77. The second-order valence-corrected chi connectivity index (χ2v) is 4.85. The molecule has 0 bridgehead atoms. The van der Waals surface area contributed by atoms with Crippen molar-refractivity contribution < 1.29 is 9.47 Å². The molecule has 1 aliphatic rings. The van der Waals surface area contributed by atoms with Crippen LogP contribution in [0.2, 0.25) is 0 Å². The van der Waals surface area contributed by atoms with Crippen LogP contribution in [0.4, 0.5) is 0 Å². The lowest BCUT2D eigenvalue weighted by Crippen LogP contribution is -2.09. The lowest BCUT2D eigenvalue weighted by atomic mass is 9.86. The van der Waals surface area contributed by atoms with Gasteiger partial charge in [-0.3, -0.25) is 0 Å². The third kappa shape index (κ3) is 1.69. The maximum Gasteiger partial charge on any atom is 0.119 e. The molecule has 0 fully saturated rings. The van der Waals surface area contributed by atoms with Crippen LogP contribution in [0.15, 0.2) is 24.5 Å². The molecule has 86 valence electrons. The van der Waals surface area contributed by atoms with E-state index in [-0.39, 0.29) is 5.41 Å². The second kappa shape index (κ2) is 3.85. The van der Waals surface area contributed by atoms with Crippen LogP contribution in [0.3, 0.4) is 0 Å². The van der Waals surface area contributed by atoms with E-state index in [1.54, 1.807) is 14.2 Å². The van der Waals surface area contributed by atoms with E-state index in [2.05, 4.69) is 26.0 Å². The first kappa shape index (κ1) is 11.1. The first-order valence-corrected chi connectivity index (χ1v) is 5.49. The third-order valence-corrected chi connectivity index (χ3v) is 3.20. The Labute approximate surface area is 96.9 Å². The van der Waals surface area contributed by atoms with Crippen molar-refractivity contribution in [2.24, 2.45) is 5.41 Å². The third-order valence-electron chi connectivity index (χ3n) is 3.20. The van der Waals surface area contributed by atoms with Crippen molar-refractivity contribution in [3.8, 4) is 5.75 Å². The number of hydrogen-bond acceptors (Lipinski definition) is 2. The molecule has 0 N–H and O–H groups in total. The molecule has 0 unspecified atom stereocenters. The number of fused-ring (bicyclic) bond motifs is 1. The molecule has 2 nitrogen and oxygen atoms in total. The van der Waals surface area contributed by atoms with Gasteiger partial charge in [-0.15, -0.1) is 0 Å². The Kier molecular flexibility index (Phi) is 2.66. The maximum atomic E-state index is 5.27. The molecule has 0 radical (unpaired) electrons. The van der Waals surface area contributed by atoms with Crippen molar-refractivity contribution >= 4 is 5.57 Å². The molecule has 16 heavy (non-hydrogen) atoms. The summed E-state index contributed by atoms with van der Waals surface area (Å²) in [6.07, 6.45) is 2.91. The predicted molar refractivity (Wildman–Crippen MR) is 65.5 cm³/mol. The number of hydrogen-bond donors (Lipinski definition) is 0. The van der Waals surface area contributed by atoms with Crippen LogP contribution >= 0.6 is 0 Å². The smallest absolute Gasteiger partial charge is 0.119 e. The van der Waals surface area contributed by atoms with Crippen molar-refractivity contribution in [1.82, 2.24) is 0 Å². The highest BCUT2D eigenvalue weighted by Gasteiger charge is 2.34. The van der Waals surface area contributed by atoms with Crippen LogP contribution in [0, 0.1) is 5.41 Å². The van der Waals surface area contributed by atoms with Gasteiger partial charge in [-0.05, 0) is 35.1 Å². The summed E-state index contributed by atoms with van der Waals surface area (Å²) < 4.78 is 10.5. The van der Waals surface area contributed by atoms with Crippen LogP contribution < -0.4 is 4.74 Å². The Morgan fingerprint density at radius 2 is 2.00 bits per heavy atom. The quantitative estimate of drug-likeness (QED) is 0.709. The first-order valence-electron chi connectivity index (χ1n) is 5.49. The van der Waals surface area contributed by atoms with Crippen LogP contribution in [-0.4, -0.2) is 14.2 Å². The highest BCUT2D eigenvalue weighted by atomic mass is 16.5. The van der Waals surface area contributed by atoms with E-state index in [1.165, 1.54) is 16.7 Å². The molecular weight excluding hydrogens is 200 g/mol. The average Bonchev–Trinajstić information content (AvgIpc) is 2.50. The van der Waals surface area contributed by atoms with Crippen LogP contribution in [0.25, 0.3) is 5.57 Å². The molecule has 2 rings (SSSR count). The van der Waals surface area contributed by atoms with Gasteiger partial charge >= 0.3 is 0 Å². The molecule has 0 heterocycles. The van der Waals surface area contributed by atoms with Crippen molar-refractivity contribution in [2.75, 3.05) is 14.2 Å². The summed E-state index contributed by atoms with van der Waals surface area (Å²) >= 11 is 0. The second-order valence-electron chi connectivity index (χ2n) is 4.85. The molecule has 2 heteroatoms. The Morgan fingerprint density at radius 3 is 2.62 bits per heavy atom. The van der Waals surface area contributed by atoms with Gasteiger partial charge in [0.25, 0.3) is 0 Å². The maximum absolute atomic E-state index is 5.27. The van der Waals surface area contributed by atoms with E-state index >= 15 is 0 Å². The number of benzene rings is 1. The minimum atomic E-state index is 0.144. The summed E-state index contributed by atoms with van der Waals surface area (Å²) in [6.45, 7) is 4.48. The largest absolute Gasteiger partial charge is 0.504 e. The van der Waals surface area contributed by atoms with Gasteiger partial charge in [0.2, 0.25) is 0 Å². The molecule has 0 aliphatic heterocycles. The van der Waals surface area contributed by atoms with Gasteiger partial charge in [-0.2, -0.15) is 0 Å². The van der Waals surface area contributed by atoms with Crippen LogP contribution in [0.5, 0.6) is 5.75 Å². The average molecular weight is 218 g/mol. The summed E-state index contributed by atoms with van der Waals surface area (Å²) in [5.41, 5.74) is 4.02. The van der Waals surface area contributed by atoms with Crippen molar-refractivity contribution in [1.29, 1.82) is 0 Å². The van der Waals surface area contributed by atoms with E-state index in [0.29, 0.717) is 0 Å². The fourth-order valence-corrected chi connectivity index (χ4v) is 2.36. The van der Waals surface area contributed by atoms with Crippen molar-refractivity contribution in [3.05, 3.63) is 35.6 Å². The zero-order valence-electron chi connectivity index (χ0n) is 10.3. The zero-order chi connectivity index (χ0) is 11.8. The van der Waals surface area contributed by atoms with E-state index < -0.39 is 0 Å². The number of rotatable bonds is 2. The van der Waals surface area contributed by atoms with Crippen molar-refractivity contribution in [3.63, 3.8) is 0 Å². The molecule has 0 aromatic heterocycles. The number of methoxy groups -OCH3 is 2. The van der Waals surface area contributed by atoms with E-state index in [4.69, 9.17) is 9.47 Å². The topological polar surface area (TPSA) is 18.5 Å². The normalized spacial score (nSPS) is 19.6. The zero-order valence-corrected chi connectivity index (χ0v) is 10.3. The van der Waals surface area contributed by atoms with Crippen molar-refractivity contribution in [2.45, 2.75) is 20.3 Å². The minimum absolute atomic E-state index is 0.144. The number of allylic oxidation sites excluding steroid dienone is 1. The van der Waals surface area contributed by atoms with Gasteiger partial charge in [-0.1, -0.05) is 19.9 Å². The lowest BCUT2D eigenvalue weighted by molar-refractivity contribution is 0.333. The van der Waals surface area contributed by atoms with E-state index in [9.17, 15) is 0 Å². The molecule has 1 aromatic rings. The Hall–Kier alpha value is -1.44. The van der Waals surface area contributed by atoms with Gasteiger partial charge in [0.05, 0.1) is 20.5 Å². The Balaban J connectivity index is 2.53. The molecule has 1 aromatic carbocycles. The number of ether oxygens (including phenoxy) is 2. The highest BCUT2D eigenvalue weighted by Crippen LogP contribution is 2.46. The van der Waals surface area contributed by atoms with Crippen LogP contribution in [-0.2, 0) is 11.2 Å². The van der Waals surface area contributed by atoms with Gasteiger partial charge in [-0.25, -0.2) is 0 Å². The summed E-state index contributed by atoms with van der Waals surface area (Å²) in [5, 5.41) is 0. The van der Waals surface area contributed by atoms with Gasteiger partial charge in [0.1, 0.15) is 5.75 Å². The molecule has 0 atom stereocenters. The molecule has 1 aliphatic carbocycles. The summed E-state index contributed by atoms with van der Waals surface area (Å²) in [6, 6.07) is 6.26. The fraction of sp³-hybridized carbons (Fsp3) is 0.429. The van der Waals surface area contributed by atoms with Gasteiger partial charge in [0.15, 0.2) is 0 Å². The summed E-state index contributed by atoms with van der Waals surface area (Å²) in [5.74, 6) is 0.901. The molecular formula is C14H18O2. The van der Waals surface area contributed by atoms with Crippen LogP contribution in [0.1, 0.15) is 25.0 Å². The predicted octanol–water partition coefficient (Wildman–Crippen LogP) is 3.26. The van der Waals surface area contributed by atoms with Gasteiger partial charge < -0.3 is 9.47 Å². The van der Waals surface area contributed by atoms with E-state index in [1.807, 2.05) is 12.3 Å². The summed E-state index contributed by atoms with van der Waals surface area (Å²) in [7, 11) is 3.39. The fourth-order valence-electron chi connectivity index (χ4n) is 2.36. The van der Waals surface area contributed by atoms with Gasteiger partial charge in [0, 0.05) is 5.57 Å². The lowest BCUT2D eigenvalue weighted by Gasteiger charge is -2.19. The van der Waals surface area contributed by atoms with E-state index in [0.717, 1.165) is 12.2 Å². The minimum Gasteiger partial charge on any atom is -0.504 e. The molecule has 0 saturated carbocycles. The Morgan fingerprint density at radius 1 is 1.25 bits per heavy atom. The molecule has 0 spiro atoms. The SMILES string of the molecule is COC=C1c2cc(OC)ccc2CC1(C)C. The monoisotopic (exact) mass is 218 g/mol.